The van der Waals surface area contributed by atoms with E-state index in [4.69, 9.17) is 5.73 Å². The number of imide groups is 1. The lowest BCUT2D eigenvalue weighted by atomic mass is 10.2. The Balaban J connectivity index is 2.52. The average Bonchev–Trinajstić information content (AvgIpc) is 2.28. The molecule has 0 saturated carbocycles. The monoisotopic (exact) mass is 249 g/mol. The van der Waals surface area contributed by atoms with Gasteiger partial charge >= 0.3 is 12.1 Å². The summed E-state index contributed by atoms with van der Waals surface area (Å²) in [6, 6.07) is 5.84. The van der Waals surface area contributed by atoms with Crippen LogP contribution in [0.25, 0.3) is 0 Å². The minimum absolute atomic E-state index is 0.774. The topological polar surface area (TPSA) is 99.8 Å². The third kappa shape index (κ3) is 4.52. The van der Waals surface area contributed by atoms with Crippen molar-refractivity contribution in [2.45, 2.75) is 0 Å². The lowest BCUT2D eigenvalue weighted by Crippen LogP contribution is -2.40. The second kappa shape index (κ2) is 6.24. The van der Waals surface area contributed by atoms with Gasteiger partial charge < -0.3 is 10.6 Å². The van der Waals surface area contributed by atoms with E-state index in [1.165, 1.54) is 6.21 Å². The number of rotatable bonds is 3. The Hall–Kier alpha value is -2.57. The van der Waals surface area contributed by atoms with Crippen LogP contribution in [0.15, 0.2) is 29.4 Å². The minimum Gasteiger partial charge on any atom is -0.378 e. The molecule has 1 rings (SSSR count). The van der Waals surface area contributed by atoms with Crippen LogP contribution in [-0.2, 0) is 0 Å². The molecule has 0 aliphatic rings. The first-order valence-corrected chi connectivity index (χ1v) is 5.16. The molecular weight excluding hydrogens is 234 g/mol. The summed E-state index contributed by atoms with van der Waals surface area (Å²) in [5.41, 5.74) is 8.74. The van der Waals surface area contributed by atoms with Crippen LogP contribution < -0.4 is 21.4 Å². The third-order valence-corrected chi connectivity index (χ3v) is 2.03. The number of hydrogen-bond donors (Lipinski definition) is 3. The quantitative estimate of drug-likeness (QED) is 0.536. The van der Waals surface area contributed by atoms with Gasteiger partial charge in [-0.2, -0.15) is 5.10 Å². The van der Waals surface area contributed by atoms with E-state index in [9.17, 15) is 9.59 Å². The van der Waals surface area contributed by atoms with Gasteiger partial charge in [0.25, 0.3) is 0 Å². The molecule has 96 valence electrons. The number of amides is 4. The van der Waals surface area contributed by atoms with E-state index in [0.29, 0.717) is 0 Å². The number of primary amides is 1. The van der Waals surface area contributed by atoms with Gasteiger partial charge in [0.15, 0.2) is 0 Å². The summed E-state index contributed by atoms with van der Waals surface area (Å²) in [5.74, 6) is 0. The first kappa shape index (κ1) is 13.5. The van der Waals surface area contributed by atoms with E-state index in [-0.39, 0.29) is 0 Å². The summed E-state index contributed by atoms with van der Waals surface area (Å²) in [6.45, 7) is 0. The Morgan fingerprint density at radius 3 is 2.39 bits per heavy atom. The van der Waals surface area contributed by atoms with Crippen molar-refractivity contribution in [1.82, 2.24) is 10.7 Å². The lowest BCUT2D eigenvalue weighted by molar-refractivity contribution is 0.232. The summed E-state index contributed by atoms with van der Waals surface area (Å²) in [4.78, 5) is 23.3. The van der Waals surface area contributed by atoms with Crippen LogP contribution in [0.1, 0.15) is 5.56 Å². The molecule has 0 unspecified atom stereocenters. The molecule has 0 radical (unpaired) electrons. The van der Waals surface area contributed by atoms with Crippen molar-refractivity contribution in [3.63, 3.8) is 0 Å². The van der Waals surface area contributed by atoms with Crippen LogP contribution in [0.3, 0.4) is 0 Å². The number of hydrogen-bond acceptors (Lipinski definition) is 4. The molecule has 4 amide bonds. The lowest BCUT2D eigenvalue weighted by Gasteiger charge is -2.11. The number of nitrogens with one attached hydrogen (secondary N) is 2. The van der Waals surface area contributed by atoms with Crippen molar-refractivity contribution in [2.75, 3.05) is 19.0 Å². The van der Waals surface area contributed by atoms with E-state index in [2.05, 4.69) is 10.5 Å². The highest BCUT2D eigenvalue weighted by Gasteiger charge is 2.00. The number of carbonyl (C=O) groups is 2. The second-order valence-electron chi connectivity index (χ2n) is 3.67. The minimum atomic E-state index is -0.932. The number of benzene rings is 1. The summed E-state index contributed by atoms with van der Waals surface area (Å²) in [7, 11) is 3.89. The fourth-order valence-corrected chi connectivity index (χ4v) is 1.16. The van der Waals surface area contributed by atoms with E-state index < -0.39 is 12.1 Å². The van der Waals surface area contributed by atoms with Crippen LogP contribution in [0.2, 0.25) is 0 Å². The van der Waals surface area contributed by atoms with Gasteiger partial charge in [0.05, 0.1) is 6.21 Å². The summed E-state index contributed by atoms with van der Waals surface area (Å²) >= 11 is 0. The number of urea groups is 2. The number of hydrazone groups is 1. The first-order chi connectivity index (χ1) is 8.49. The maximum atomic E-state index is 10.9. The Bertz CT molecular complexity index is 453. The summed E-state index contributed by atoms with van der Waals surface area (Å²) in [5, 5.41) is 5.48. The van der Waals surface area contributed by atoms with Gasteiger partial charge in [-0.3, -0.25) is 5.32 Å². The molecule has 7 heteroatoms. The highest BCUT2D eigenvalue weighted by atomic mass is 16.2. The molecule has 1 aromatic rings. The number of carbonyl (C=O) groups excluding carboxylic acids is 2. The van der Waals surface area contributed by atoms with Gasteiger partial charge in [-0.15, -0.1) is 0 Å². The summed E-state index contributed by atoms with van der Waals surface area (Å²) in [6.07, 6.45) is 1.46. The molecule has 0 aliphatic heterocycles. The van der Waals surface area contributed by atoms with Crippen molar-refractivity contribution < 1.29 is 9.59 Å². The van der Waals surface area contributed by atoms with E-state index >= 15 is 0 Å². The molecule has 18 heavy (non-hydrogen) atoms. The summed E-state index contributed by atoms with van der Waals surface area (Å²) < 4.78 is 0. The van der Waals surface area contributed by atoms with Crippen LogP contribution in [0.4, 0.5) is 15.3 Å². The van der Waals surface area contributed by atoms with Crippen molar-refractivity contribution in [1.29, 1.82) is 0 Å². The van der Waals surface area contributed by atoms with Gasteiger partial charge in [0, 0.05) is 19.8 Å². The fourth-order valence-electron chi connectivity index (χ4n) is 1.16. The predicted octanol–water partition coefficient (Wildman–Crippen LogP) is 0.464. The second-order valence-corrected chi connectivity index (χ2v) is 3.67. The fraction of sp³-hybridized carbons (Fsp3) is 0.182. The SMILES string of the molecule is CN(C)c1ccc(/C=N\NC(=O)NC(N)=O)cc1. The Kier molecular flexibility index (Phi) is 4.67. The van der Waals surface area contributed by atoms with E-state index in [1.54, 1.807) is 0 Å². The molecule has 0 bridgehead atoms. The normalized spacial score (nSPS) is 10.1. The number of nitrogens with zero attached hydrogens (tertiary/aromatic N) is 2. The smallest absolute Gasteiger partial charge is 0.343 e. The molecule has 0 heterocycles. The molecule has 1 aromatic carbocycles. The van der Waals surface area contributed by atoms with Crippen LogP contribution in [0, 0.1) is 0 Å². The van der Waals surface area contributed by atoms with Crippen molar-refractivity contribution >= 4 is 24.0 Å². The maximum absolute atomic E-state index is 10.9. The molecule has 7 nitrogen and oxygen atoms in total. The van der Waals surface area contributed by atoms with E-state index in [1.807, 2.05) is 48.6 Å². The van der Waals surface area contributed by atoms with Crippen molar-refractivity contribution in [3.8, 4) is 0 Å². The molecule has 4 N–H and O–H groups in total. The largest absolute Gasteiger partial charge is 0.378 e. The van der Waals surface area contributed by atoms with Gasteiger partial charge in [-0.25, -0.2) is 15.0 Å². The molecule has 0 atom stereocenters. The molecule has 0 fully saturated rings. The molecule has 0 aromatic heterocycles. The van der Waals surface area contributed by atoms with Gasteiger partial charge in [-0.1, -0.05) is 12.1 Å². The first-order valence-electron chi connectivity index (χ1n) is 5.16. The predicted molar refractivity (Wildman–Crippen MR) is 69.6 cm³/mol. The number of nitrogens with two attached hydrogens (primary N) is 1. The third-order valence-electron chi connectivity index (χ3n) is 2.03. The molecular formula is C11H15N5O2. The zero-order valence-corrected chi connectivity index (χ0v) is 10.2. The van der Waals surface area contributed by atoms with Crippen molar-refractivity contribution in [3.05, 3.63) is 29.8 Å². The number of anilines is 1. The van der Waals surface area contributed by atoms with Crippen molar-refractivity contribution in [2.24, 2.45) is 10.8 Å². The highest BCUT2D eigenvalue weighted by molar-refractivity contribution is 5.93. The maximum Gasteiger partial charge on any atom is 0.343 e. The average molecular weight is 249 g/mol. The molecule has 0 saturated heterocycles. The van der Waals surface area contributed by atoms with Crippen LogP contribution in [0.5, 0.6) is 0 Å². The Morgan fingerprint density at radius 1 is 1.28 bits per heavy atom. The van der Waals surface area contributed by atoms with Gasteiger partial charge in [-0.05, 0) is 17.7 Å². The molecule has 0 spiro atoms. The van der Waals surface area contributed by atoms with E-state index in [0.717, 1.165) is 11.3 Å². The zero-order chi connectivity index (χ0) is 13.5. The Labute approximate surface area is 105 Å². The van der Waals surface area contributed by atoms with Gasteiger partial charge in [0.1, 0.15) is 0 Å². The van der Waals surface area contributed by atoms with Gasteiger partial charge in [0.2, 0.25) is 0 Å². The van der Waals surface area contributed by atoms with Crippen LogP contribution >= 0.6 is 0 Å². The molecule has 0 aliphatic carbocycles. The Morgan fingerprint density at radius 2 is 1.89 bits per heavy atom. The highest BCUT2D eigenvalue weighted by Crippen LogP contribution is 2.10. The van der Waals surface area contributed by atoms with Crippen LogP contribution in [-0.4, -0.2) is 32.4 Å². The zero-order valence-electron chi connectivity index (χ0n) is 10.2. The standard InChI is InChI=1S/C11H15N5O2/c1-16(2)9-5-3-8(4-6-9)7-13-15-11(18)14-10(12)17/h3-7H,1-2H3,(H4,12,14,15,17,18)/b13-7-.